The van der Waals surface area contributed by atoms with Gasteiger partial charge in [0.05, 0.1) is 6.61 Å². The van der Waals surface area contributed by atoms with Crippen molar-refractivity contribution in [1.82, 2.24) is 5.32 Å². The van der Waals surface area contributed by atoms with E-state index < -0.39 is 31.1 Å². The zero-order valence-corrected chi connectivity index (χ0v) is 8.08. The molecular formula is C8H10F6NO. The van der Waals surface area contributed by atoms with Crippen LogP contribution in [0.4, 0.5) is 26.3 Å². The molecule has 0 saturated carbocycles. The van der Waals surface area contributed by atoms with E-state index in [1.165, 1.54) is 0 Å². The predicted molar refractivity (Wildman–Crippen MR) is 42.3 cm³/mol. The summed E-state index contributed by atoms with van der Waals surface area (Å²) >= 11 is 0. The Balaban J connectivity index is 2.51. The summed E-state index contributed by atoms with van der Waals surface area (Å²) < 4.78 is 75.8. The number of hydrogen-bond donors (Lipinski definition) is 1. The van der Waals surface area contributed by atoms with Crippen molar-refractivity contribution in [3.63, 3.8) is 0 Å². The first-order chi connectivity index (χ1) is 7.21. The van der Waals surface area contributed by atoms with Gasteiger partial charge in [-0.15, -0.1) is 0 Å². The molecule has 1 radical (unpaired) electrons. The third kappa shape index (κ3) is 3.82. The second-order valence-electron chi connectivity index (χ2n) is 3.43. The standard InChI is InChI=1S/C8H10F6NO/c9-7(10,11)6(8(12,13)14)16-4-5-2-1-3-15-5/h5,15H,1-4H2. The molecule has 0 bridgehead atoms. The van der Waals surface area contributed by atoms with Gasteiger partial charge in [-0.2, -0.15) is 26.3 Å². The van der Waals surface area contributed by atoms with Crippen LogP contribution in [0.1, 0.15) is 12.8 Å². The lowest BCUT2D eigenvalue weighted by atomic mass is 10.2. The summed E-state index contributed by atoms with van der Waals surface area (Å²) in [6.07, 6.45) is -12.5. The van der Waals surface area contributed by atoms with Crippen LogP contribution < -0.4 is 5.32 Å². The van der Waals surface area contributed by atoms with Crippen molar-refractivity contribution in [2.45, 2.75) is 31.2 Å². The van der Waals surface area contributed by atoms with Gasteiger partial charge in [0.25, 0.3) is 0 Å². The summed E-state index contributed by atoms with van der Waals surface area (Å²) in [6, 6.07) is -0.445. The molecule has 1 rings (SSSR count). The minimum Gasteiger partial charge on any atom is -0.354 e. The molecule has 95 valence electrons. The van der Waals surface area contributed by atoms with Crippen molar-refractivity contribution in [3.05, 3.63) is 6.10 Å². The molecule has 16 heavy (non-hydrogen) atoms. The fourth-order valence-electron chi connectivity index (χ4n) is 1.41. The average Bonchev–Trinajstić information content (AvgIpc) is 2.51. The van der Waals surface area contributed by atoms with Gasteiger partial charge in [0, 0.05) is 6.04 Å². The van der Waals surface area contributed by atoms with Gasteiger partial charge in [0.2, 0.25) is 0 Å². The molecule has 1 fully saturated rings. The molecule has 0 aromatic heterocycles. The van der Waals surface area contributed by atoms with Crippen molar-refractivity contribution in [3.8, 4) is 0 Å². The summed E-state index contributed by atoms with van der Waals surface area (Å²) in [5, 5.41) is 2.74. The van der Waals surface area contributed by atoms with E-state index in [2.05, 4.69) is 10.1 Å². The largest absolute Gasteiger partial charge is 0.430 e. The van der Waals surface area contributed by atoms with Gasteiger partial charge in [-0.25, -0.2) is 0 Å². The second kappa shape index (κ2) is 4.79. The van der Waals surface area contributed by atoms with Crippen LogP contribution in [-0.2, 0) is 4.74 Å². The van der Waals surface area contributed by atoms with Gasteiger partial charge < -0.3 is 10.1 Å². The topological polar surface area (TPSA) is 21.3 Å². The van der Waals surface area contributed by atoms with E-state index in [9.17, 15) is 26.3 Å². The summed E-state index contributed by atoms with van der Waals surface area (Å²) in [7, 11) is 0. The van der Waals surface area contributed by atoms with Crippen molar-refractivity contribution >= 4 is 0 Å². The van der Waals surface area contributed by atoms with Crippen LogP contribution >= 0.6 is 0 Å². The number of hydrogen-bond acceptors (Lipinski definition) is 2. The van der Waals surface area contributed by atoms with Gasteiger partial charge >= 0.3 is 18.5 Å². The molecule has 0 amide bonds. The first-order valence-electron chi connectivity index (χ1n) is 4.59. The second-order valence-corrected chi connectivity index (χ2v) is 3.43. The van der Waals surface area contributed by atoms with Crippen molar-refractivity contribution in [2.75, 3.05) is 13.2 Å². The molecule has 1 saturated heterocycles. The molecule has 0 aromatic rings. The Kier molecular flexibility index (Phi) is 4.06. The predicted octanol–water partition coefficient (Wildman–Crippen LogP) is 2.41. The van der Waals surface area contributed by atoms with Crippen LogP contribution in [0.3, 0.4) is 0 Å². The van der Waals surface area contributed by atoms with Gasteiger partial charge in [-0.3, -0.25) is 0 Å². The van der Waals surface area contributed by atoms with E-state index in [0.29, 0.717) is 13.0 Å². The maximum absolute atomic E-state index is 12.0. The van der Waals surface area contributed by atoms with Crippen LogP contribution in [0.2, 0.25) is 0 Å². The molecule has 1 unspecified atom stereocenters. The molecule has 8 heteroatoms. The van der Waals surface area contributed by atoms with E-state index in [-0.39, 0.29) is 0 Å². The van der Waals surface area contributed by atoms with Crippen LogP contribution in [0.15, 0.2) is 0 Å². The Labute approximate surface area is 87.9 Å². The Bertz CT molecular complexity index is 206. The Morgan fingerprint density at radius 2 is 1.69 bits per heavy atom. The number of ether oxygens (including phenoxy) is 1. The summed E-state index contributed by atoms with van der Waals surface area (Å²) in [6.45, 7) is -0.0320. The van der Waals surface area contributed by atoms with Crippen LogP contribution in [0.25, 0.3) is 0 Å². The normalized spacial score (nSPS) is 23.1. The van der Waals surface area contributed by atoms with Gasteiger partial charge in [0.1, 0.15) is 0 Å². The third-order valence-electron chi connectivity index (χ3n) is 2.11. The van der Waals surface area contributed by atoms with E-state index in [0.717, 1.165) is 6.42 Å². The molecule has 1 N–H and O–H groups in total. The minimum atomic E-state index is -5.50. The average molecular weight is 250 g/mol. The van der Waals surface area contributed by atoms with Crippen molar-refractivity contribution in [1.29, 1.82) is 0 Å². The van der Waals surface area contributed by atoms with Crippen molar-refractivity contribution in [2.24, 2.45) is 0 Å². The maximum Gasteiger partial charge on any atom is 0.430 e. The van der Waals surface area contributed by atoms with E-state index >= 15 is 0 Å². The monoisotopic (exact) mass is 250 g/mol. The highest BCUT2D eigenvalue weighted by Gasteiger charge is 2.59. The van der Waals surface area contributed by atoms with Crippen LogP contribution in [0, 0.1) is 6.10 Å². The van der Waals surface area contributed by atoms with Crippen LogP contribution in [0.5, 0.6) is 0 Å². The Morgan fingerprint density at radius 3 is 2.06 bits per heavy atom. The Morgan fingerprint density at radius 1 is 1.12 bits per heavy atom. The maximum atomic E-state index is 12.0. The van der Waals surface area contributed by atoms with Crippen molar-refractivity contribution < 1.29 is 31.1 Å². The molecule has 0 aliphatic carbocycles. The number of rotatable bonds is 3. The molecule has 0 aromatic carbocycles. The molecule has 1 aliphatic rings. The first kappa shape index (κ1) is 13.6. The van der Waals surface area contributed by atoms with E-state index in [1.807, 2.05) is 0 Å². The quantitative estimate of drug-likeness (QED) is 0.776. The highest BCUT2D eigenvalue weighted by Crippen LogP contribution is 2.41. The zero-order valence-electron chi connectivity index (χ0n) is 8.08. The summed E-state index contributed by atoms with van der Waals surface area (Å²) in [4.78, 5) is 0. The SMILES string of the molecule is FC(F)(F)[C](OCC1CCCN1)C(F)(F)F. The molecular weight excluding hydrogens is 240 g/mol. The Hall–Kier alpha value is -0.500. The van der Waals surface area contributed by atoms with E-state index in [1.54, 1.807) is 0 Å². The lowest BCUT2D eigenvalue weighted by Gasteiger charge is -2.23. The third-order valence-corrected chi connectivity index (χ3v) is 2.11. The van der Waals surface area contributed by atoms with Gasteiger partial charge in [0.15, 0.2) is 0 Å². The smallest absolute Gasteiger partial charge is 0.354 e. The first-order valence-corrected chi connectivity index (χ1v) is 4.59. The molecule has 0 spiro atoms. The van der Waals surface area contributed by atoms with Gasteiger partial charge in [-0.1, -0.05) is 0 Å². The highest BCUT2D eigenvalue weighted by atomic mass is 19.4. The van der Waals surface area contributed by atoms with Gasteiger partial charge in [-0.05, 0) is 19.4 Å². The van der Waals surface area contributed by atoms with E-state index in [4.69, 9.17) is 0 Å². The zero-order chi connectivity index (χ0) is 12.4. The number of nitrogens with one attached hydrogen (secondary N) is 1. The number of alkyl halides is 6. The minimum absolute atomic E-state index is 0.445. The molecule has 2 nitrogen and oxygen atoms in total. The fraction of sp³-hybridized carbons (Fsp3) is 0.875. The molecule has 1 heterocycles. The highest BCUT2D eigenvalue weighted by molar-refractivity contribution is 4.96. The summed E-state index contributed by atoms with van der Waals surface area (Å²) in [5.74, 6) is 0. The fourth-order valence-corrected chi connectivity index (χ4v) is 1.41. The lowest BCUT2D eigenvalue weighted by molar-refractivity contribution is -0.263. The summed E-state index contributed by atoms with van der Waals surface area (Å²) in [5.41, 5.74) is 0. The van der Waals surface area contributed by atoms with Crippen LogP contribution in [-0.4, -0.2) is 31.5 Å². The lowest BCUT2D eigenvalue weighted by Crippen LogP contribution is -2.39. The molecule has 1 atom stereocenters. The molecule has 1 aliphatic heterocycles. The number of halogens is 6.